The third-order valence-electron chi connectivity index (χ3n) is 4.33. The van der Waals surface area contributed by atoms with Gasteiger partial charge in [0.2, 0.25) is 5.91 Å². The molecule has 7 heteroatoms. The molecular formula is C19H23N3O4. The maximum Gasteiger partial charge on any atom is 0.242 e. The number of hydrazine groups is 1. The monoisotopic (exact) mass is 357 g/mol. The van der Waals surface area contributed by atoms with Crippen LogP contribution in [0.2, 0.25) is 0 Å². The van der Waals surface area contributed by atoms with Gasteiger partial charge in [-0.2, -0.15) is 0 Å². The van der Waals surface area contributed by atoms with Gasteiger partial charge in [0.05, 0.1) is 21.3 Å². The predicted molar refractivity (Wildman–Crippen MR) is 98.6 cm³/mol. The second-order valence-electron chi connectivity index (χ2n) is 6.00. The van der Waals surface area contributed by atoms with Gasteiger partial charge in [-0.3, -0.25) is 4.79 Å². The summed E-state index contributed by atoms with van der Waals surface area (Å²) in [5, 5.41) is 2.90. The molecular weight excluding hydrogens is 334 g/mol. The number of amides is 1. The summed E-state index contributed by atoms with van der Waals surface area (Å²) in [5.74, 6) is 1.90. The maximum atomic E-state index is 12.6. The Morgan fingerprint density at radius 2 is 1.65 bits per heavy atom. The van der Waals surface area contributed by atoms with E-state index in [-0.39, 0.29) is 18.0 Å². The van der Waals surface area contributed by atoms with Crippen LogP contribution in [-0.4, -0.2) is 33.3 Å². The van der Waals surface area contributed by atoms with Crippen molar-refractivity contribution >= 4 is 11.6 Å². The van der Waals surface area contributed by atoms with E-state index in [1.807, 2.05) is 24.3 Å². The Morgan fingerprint density at radius 3 is 2.31 bits per heavy atom. The summed E-state index contributed by atoms with van der Waals surface area (Å²) in [6.07, 6.45) is 0.625. The van der Waals surface area contributed by atoms with Crippen LogP contribution in [0.4, 0.5) is 5.69 Å². The van der Waals surface area contributed by atoms with Crippen LogP contribution < -0.4 is 30.4 Å². The van der Waals surface area contributed by atoms with Crippen molar-refractivity contribution in [3.05, 3.63) is 48.0 Å². The highest BCUT2D eigenvalue weighted by atomic mass is 16.5. The fourth-order valence-corrected chi connectivity index (χ4v) is 2.91. The van der Waals surface area contributed by atoms with Crippen LogP contribution >= 0.6 is 0 Å². The van der Waals surface area contributed by atoms with Gasteiger partial charge < -0.3 is 19.5 Å². The highest BCUT2D eigenvalue weighted by Gasteiger charge is 2.30. The highest BCUT2D eigenvalue weighted by molar-refractivity contribution is 5.95. The van der Waals surface area contributed by atoms with Gasteiger partial charge in [-0.1, -0.05) is 12.1 Å². The van der Waals surface area contributed by atoms with Crippen molar-refractivity contribution in [3.63, 3.8) is 0 Å². The predicted octanol–water partition coefficient (Wildman–Crippen LogP) is 2.26. The first kappa shape index (κ1) is 18.0. The molecule has 2 aromatic carbocycles. The van der Waals surface area contributed by atoms with Crippen LogP contribution in [0, 0.1) is 0 Å². The van der Waals surface area contributed by atoms with E-state index >= 15 is 0 Å². The van der Waals surface area contributed by atoms with Crippen LogP contribution in [-0.2, 0) is 4.79 Å². The molecule has 0 aromatic heterocycles. The topological polar surface area (TPSA) is 80.9 Å². The number of anilines is 1. The van der Waals surface area contributed by atoms with Crippen LogP contribution in [0.15, 0.2) is 42.5 Å². The number of hydrogen-bond acceptors (Lipinski definition) is 6. The molecule has 1 aliphatic heterocycles. The molecule has 0 radical (unpaired) electrons. The van der Waals surface area contributed by atoms with E-state index in [4.69, 9.17) is 14.2 Å². The van der Waals surface area contributed by atoms with E-state index in [0.717, 1.165) is 11.3 Å². The summed E-state index contributed by atoms with van der Waals surface area (Å²) in [5.41, 5.74) is 7.91. The van der Waals surface area contributed by atoms with Gasteiger partial charge in [-0.05, 0) is 24.1 Å². The minimum atomic E-state index is -0.358. The molecule has 0 bridgehead atoms. The van der Waals surface area contributed by atoms with Crippen molar-refractivity contribution in [2.45, 2.75) is 18.5 Å². The van der Waals surface area contributed by atoms with Crippen molar-refractivity contribution in [2.75, 3.05) is 26.6 Å². The molecule has 0 spiro atoms. The number of nitrogens with one attached hydrogen (secondary N) is 3. The van der Waals surface area contributed by atoms with Gasteiger partial charge in [0.1, 0.15) is 23.3 Å². The number of carbonyl (C=O) groups is 1. The number of hydrogen-bond donors (Lipinski definition) is 3. The molecule has 1 amide bonds. The van der Waals surface area contributed by atoms with Gasteiger partial charge in [-0.15, -0.1) is 0 Å². The molecule has 26 heavy (non-hydrogen) atoms. The number of ether oxygens (including phenoxy) is 3. The van der Waals surface area contributed by atoms with Crippen molar-refractivity contribution < 1.29 is 19.0 Å². The molecule has 1 saturated heterocycles. The van der Waals surface area contributed by atoms with Crippen molar-refractivity contribution in [2.24, 2.45) is 0 Å². The third kappa shape index (κ3) is 4.07. The third-order valence-corrected chi connectivity index (χ3v) is 4.33. The quantitative estimate of drug-likeness (QED) is 0.736. The van der Waals surface area contributed by atoms with Crippen molar-refractivity contribution in [3.8, 4) is 17.2 Å². The normalized spacial score (nSPS) is 19.0. The average Bonchev–Trinajstić information content (AvgIpc) is 3.18. The first-order valence-corrected chi connectivity index (χ1v) is 8.32. The first-order chi connectivity index (χ1) is 12.6. The number of carbonyl (C=O) groups excluding carboxylic acids is 1. The molecule has 3 rings (SSSR count). The zero-order chi connectivity index (χ0) is 18.5. The lowest BCUT2D eigenvalue weighted by Crippen LogP contribution is -2.39. The van der Waals surface area contributed by atoms with E-state index in [0.29, 0.717) is 23.6 Å². The highest BCUT2D eigenvalue weighted by Crippen LogP contribution is 2.28. The van der Waals surface area contributed by atoms with Crippen molar-refractivity contribution in [1.82, 2.24) is 10.9 Å². The Hall–Kier alpha value is -2.77. The van der Waals surface area contributed by atoms with Crippen LogP contribution in [0.3, 0.4) is 0 Å². The molecule has 0 aliphatic carbocycles. The Balaban J connectivity index is 1.66. The van der Waals surface area contributed by atoms with E-state index in [1.54, 1.807) is 39.5 Å². The standard InChI is InChI=1S/C19H23N3O4/c1-24-14-6-4-5-12(7-14)17-11-18(22-21-17)19(23)20-13-8-15(25-2)10-16(9-13)26-3/h4-10,17-18,21-22H,11H2,1-3H3,(H,20,23). The van der Waals surface area contributed by atoms with Gasteiger partial charge in [0, 0.05) is 29.9 Å². The molecule has 3 N–H and O–H groups in total. The molecule has 0 saturated carbocycles. The summed E-state index contributed by atoms with van der Waals surface area (Å²) < 4.78 is 15.7. The fourth-order valence-electron chi connectivity index (χ4n) is 2.91. The minimum absolute atomic E-state index is 0.0284. The summed E-state index contributed by atoms with van der Waals surface area (Å²) in [6.45, 7) is 0. The molecule has 138 valence electrons. The molecule has 1 aliphatic rings. The number of rotatable bonds is 6. The Morgan fingerprint density at radius 1 is 0.962 bits per heavy atom. The van der Waals surface area contributed by atoms with Gasteiger partial charge >= 0.3 is 0 Å². The summed E-state index contributed by atoms with van der Waals surface area (Å²) in [4.78, 5) is 12.6. The van der Waals surface area contributed by atoms with Crippen LogP contribution in [0.1, 0.15) is 18.0 Å². The van der Waals surface area contributed by atoms with Gasteiger partial charge in [0.25, 0.3) is 0 Å². The summed E-state index contributed by atoms with van der Waals surface area (Å²) in [6, 6.07) is 12.7. The summed E-state index contributed by atoms with van der Waals surface area (Å²) >= 11 is 0. The van der Waals surface area contributed by atoms with Crippen LogP contribution in [0.25, 0.3) is 0 Å². The van der Waals surface area contributed by atoms with Crippen molar-refractivity contribution in [1.29, 1.82) is 0 Å². The second kappa shape index (κ2) is 8.07. The lowest BCUT2D eigenvalue weighted by atomic mass is 10.0. The Kier molecular flexibility index (Phi) is 5.60. The zero-order valence-electron chi connectivity index (χ0n) is 15.0. The van der Waals surface area contributed by atoms with E-state index < -0.39 is 0 Å². The number of benzene rings is 2. The minimum Gasteiger partial charge on any atom is -0.497 e. The lowest BCUT2D eigenvalue weighted by Gasteiger charge is -2.13. The first-order valence-electron chi connectivity index (χ1n) is 8.32. The Bertz CT molecular complexity index is 759. The van der Waals surface area contributed by atoms with Gasteiger partial charge in [0.15, 0.2) is 0 Å². The molecule has 1 fully saturated rings. The fraction of sp³-hybridized carbons (Fsp3) is 0.316. The molecule has 1 heterocycles. The molecule has 7 nitrogen and oxygen atoms in total. The van der Waals surface area contributed by atoms with Crippen LogP contribution in [0.5, 0.6) is 17.2 Å². The largest absolute Gasteiger partial charge is 0.497 e. The molecule has 2 aromatic rings. The van der Waals surface area contributed by atoms with E-state index in [2.05, 4.69) is 16.2 Å². The molecule has 2 unspecified atom stereocenters. The SMILES string of the molecule is COc1cc(NC(=O)C2CC(c3cccc(OC)c3)NN2)cc(OC)c1. The van der Waals surface area contributed by atoms with Gasteiger partial charge in [-0.25, -0.2) is 10.9 Å². The van der Waals surface area contributed by atoms with E-state index in [9.17, 15) is 4.79 Å². The average molecular weight is 357 g/mol. The zero-order valence-corrected chi connectivity index (χ0v) is 15.0. The Labute approximate surface area is 152 Å². The molecule has 2 atom stereocenters. The van der Waals surface area contributed by atoms with E-state index in [1.165, 1.54) is 0 Å². The number of methoxy groups -OCH3 is 3. The summed E-state index contributed by atoms with van der Waals surface area (Å²) in [7, 11) is 4.78. The second-order valence-corrected chi connectivity index (χ2v) is 6.00. The lowest BCUT2D eigenvalue weighted by molar-refractivity contribution is -0.117. The maximum absolute atomic E-state index is 12.6. The smallest absolute Gasteiger partial charge is 0.242 e.